The van der Waals surface area contributed by atoms with Crippen molar-refractivity contribution >= 4 is 29.6 Å². The molecule has 0 radical (unpaired) electrons. The Morgan fingerprint density at radius 2 is 2.11 bits per heavy atom. The fourth-order valence-electron chi connectivity index (χ4n) is 1.32. The third kappa shape index (κ3) is 3.96. The molecule has 7 heteroatoms. The highest BCUT2D eigenvalue weighted by Gasteiger charge is 2.26. The average molecular weight is 282 g/mol. The van der Waals surface area contributed by atoms with Gasteiger partial charge in [0.25, 0.3) is 0 Å². The van der Waals surface area contributed by atoms with Gasteiger partial charge in [0.15, 0.2) is 0 Å². The number of hydrogen-bond acceptors (Lipinski definition) is 4. The van der Waals surface area contributed by atoms with E-state index in [1.54, 1.807) is 0 Å². The number of hydrazone groups is 1. The van der Waals surface area contributed by atoms with E-state index in [4.69, 9.17) is 11.6 Å². The summed E-state index contributed by atoms with van der Waals surface area (Å²) in [7, 11) is 0. The molecule has 0 atom stereocenters. The first-order valence-electron chi connectivity index (χ1n) is 5.68. The smallest absolute Gasteiger partial charge is 0.329 e. The van der Waals surface area contributed by atoms with Crippen molar-refractivity contribution in [1.29, 1.82) is 0 Å². The van der Waals surface area contributed by atoms with Crippen LogP contribution in [0, 0.1) is 0 Å². The minimum Gasteiger partial charge on any atom is -0.507 e. The van der Waals surface area contributed by atoms with Gasteiger partial charge in [0.2, 0.25) is 0 Å². The van der Waals surface area contributed by atoms with Crippen molar-refractivity contribution in [1.82, 2.24) is 10.7 Å². The van der Waals surface area contributed by atoms with Crippen LogP contribution in [0.1, 0.15) is 18.4 Å². The van der Waals surface area contributed by atoms with E-state index in [-0.39, 0.29) is 11.8 Å². The molecule has 2 rings (SSSR count). The molecule has 0 saturated heterocycles. The molecule has 0 bridgehead atoms. The lowest BCUT2D eigenvalue weighted by molar-refractivity contribution is -0.139. The number of carbonyl (C=O) groups is 2. The number of nitrogens with one attached hydrogen (secondary N) is 2. The van der Waals surface area contributed by atoms with Gasteiger partial charge in [-0.25, -0.2) is 5.43 Å². The fraction of sp³-hybridized carbons (Fsp3) is 0.250. The molecule has 0 aromatic heterocycles. The summed E-state index contributed by atoms with van der Waals surface area (Å²) in [5.41, 5.74) is 2.42. The Balaban J connectivity index is 1.89. The van der Waals surface area contributed by atoms with Gasteiger partial charge in [-0.2, -0.15) is 5.10 Å². The van der Waals surface area contributed by atoms with Crippen LogP contribution < -0.4 is 10.7 Å². The summed E-state index contributed by atoms with van der Waals surface area (Å²) < 4.78 is 0. The predicted octanol–water partition coefficient (Wildman–Crippen LogP) is 0.774. The van der Waals surface area contributed by atoms with Crippen molar-refractivity contribution in [3.63, 3.8) is 0 Å². The molecule has 2 amide bonds. The maximum atomic E-state index is 11.3. The summed E-state index contributed by atoms with van der Waals surface area (Å²) in [6, 6.07) is 4.53. The number of halogens is 1. The summed E-state index contributed by atoms with van der Waals surface area (Å²) >= 11 is 5.75. The molecule has 1 aliphatic carbocycles. The third-order valence-corrected chi connectivity index (χ3v) is 2.71. The highest BCUT2D eigenvalue weighted by atomic mass is 35.5. The van der Waals surface area contributed by atoms with E-state index >= 15 is 0 Å². The van der Waals surface area contributed by atoms with Crippen LogP contribution in [0.2, 0.25) is 5.02 Å². The summed E-state index contributed by atoms with van der Waals surface area (Å²) in [4.78, 5) is 22.6. The average Bonchev–Trinajstić information content (AvgIpc) is 3.17. The van der Waals surface area contributed by atoms with E-state index in [1.165, 1.54) is 24.4 Å². The van der Waals surface area contributed by atoms with Gasteiger partial charge in [-0.1, -0.05) is 11.6 Å². The van der Waals surface area contributed by atoms with Crippen molar-refractivity contribution in [2.75, 3.05) is 0 Å². The van der Waals surface area contributed by atoms with Crippen molar-refractivity contribution in [3.8, 4) is 5.75 Å². The van der Waals surface area contributed by atoms with Gasteiger partial charge in [0.05, 0.1) is 6.21 Å². The van der Waals surface area contributed by atoms with Crippen molar-refractivity contribution in [2.45, 2.75) is 18.9 Å². The van der Waals surface area contributed by atoms with Crippen molar-refractivity contribution in [3.05, 3.63) is 28.8 Å². The second-order valence-corrected chi connectivity index (χ2v) is 4.59. The van der Waals surface area contributed by atoms with Gasteiger partial charge in [0, 0.05) is 16.6 Å². The molecular formula is C12H12ClN3O3. The van der Waals surface area contributed by atoms with Crippen LogP contribution in [-0.2, 0) is 9.59 Å². The second-order valence-electron chi connectivity index (χ2n) is 4.15. The zero-order valence-electron chi connectivity index (χ0n) is 9.89. The van der Waals surface area contributed by atoms with Gasteiger partial charge in [0.1, 0.15) is 5.75 Å². The van der Waals surface area contributed by atoms with Gasteiger partial charge in [-0.3, -0.25) is 9.59 Å². The van der Waals surface area contributed by atoms with E-state index in [1.807, 2.05) is 0 Å². The fourth-order valence-corrected chi connectivity index (χ4v) is 1.50. The number of hydrogen-bond donors (Lipinski definition) is 3. The van der Waals surface area contributed by atoms with E-state index in [9.17, 15) is 14.7 Å². The second kappa shape index (κ2) is 5.71. The minimum atomic E-state index is -0.843. The molecule has 0 unspecified atom stereocenters. The topological polar surface area (TPSA) is 90.8 Å². The summed E-state index contributed by atoms with van der Waals surface area (Å²) in [5, 5.41) is 16.0. The molecule has 19 heavy (non-hydrogen) atoms. The molecule has 1 fully saturated rings. The molecule has 1 aromatic carbocycles. The first-order valence-corrected chi connectivity index (χ1v) is 6.06. The lowest BCUT2D eigenvalue weighted by Crippen LogP contribution is -2.38. The Kier molecular flexibility index (Phi) is 4.01. The van der Waals surface area contributed by atoms with Gasteiger partial charge < -0.3 is 10.4 Å². The predicted molar refractivity (Wildman–Crippen MR) is 70.0 cm³/mol. The van der Waals surface area contributed by atoms with Crippen LogP contribution >= 0.6 is 11.6 Å². The largest absolute Gasteiger partial charge is 0.507 e. The quantitative estimate of drug-likeness (QED) is 0.434. The van der Waals surface area contributed by atoms with Crippen LogP contribution in [0.4, 0.5) is 0 Å². The number of phenols is 1. The number of rotatable bonds is 3. The van der Waals surface area contributed by atoms with Crippen LogP contribution in [0.3, 0.4) is 0 Å². The molecular weight excluding hydrogens is 270 g/mol. The van der Waals surface area contributed by atoms with E-state index in [0.717, 1.165) is 12.8 Å². The van der Waals surface area contributed by atoms with Gasteiger partial charge >= 0.3 is 11.8 Å². The van der Waals surface area contributed by atoms with Crippen molar-refractivity contribution < 1.29 is 14.7 Å². The van der Waals surface area contributed by atoms with Crippen LogP contribution in [0.25, 0.3) is 0 Å². The number of amides is 2. The van der Waals surface area contributed by atoms with Crippen LogP contribution in [0.15, 0.2) is 23.3 Å². The third-order valence-electron chi connectivity index (χ3n) is 2.48. The minimum absolute atomic E-state index is 0.0233. The molecule has 3 N–H and O–H groups in total. The lowest BCUT2D eigenvalue weighted by Gasteiger charge is -2.01. The number of aromatic hydroxyl groups is 1. The Bertz CT molecular complexity index is 541. The van der Waals surface area contributed by atoms with E-state index < -0.39 is 11.8 Å². The molecule has 0 spiro atoms. The number of phenolic OH excluding ortho intramolecular Hbond substituents is 1. The van der Waals surface area contributed by atoms with Crippen molar-refractivity contribution in [2.24, 2.45) is 5.10 Å². The first-order chi connectivity index (χ1) is 9.06. The lowest BCUT2D eigenvalue weighted by atomic mass is 10.2. The number of carbonyl (C=O) groups excluding carboxylic acids is 2. The van der Waals surface area contributed by atoms with Crippen LogP contribution in [0.5, 0.6) is 5.75 Å². The highest BCUT2D eigenvalue weighted by Crippen LogP contribution is 2.19. The first kappa shape index (κ1) is 13.4. The SMILES string of the molecule is O=C(N/N=C\c1cc(Cl)ccc1O)C(=O)NC1CC1. The highest BCUT2D eigenvalue weighted by molar-refractivity contribution is 6.35. The molecule has 0 aliphatic heterocycles. The maximum Gasteiger partial charge on any atom is 0.329 e. The van der Waals surface area contributed by atoms with Gasteiger partial charge in [-0.15, -0.1) is 0 Å². The number of nitrogens with zero attached hydrogens (tertiary/aromatic N) is 1. The Morgan fingerprint density at radius 1 is 1.37 bits per heavy atom. The molecule has 1 saturated carbocycles. The van der Waals surface area contributed by atoms with E-state index in [0.29, 0.717) is 10.6 Å². The Labute approximate surface area is 114 Å². The zero-order chi connectivity index (χ0) is 13.8. The van der Waals surface area contributed by atoms with E-state index in [2.05, 4.69) is 15.8 Å². The molecule has 100 valence electrons. The zero-order valence-corrected chi connectivity index (χ0v) is 10.6. The summed E-state index contributed by atoms with van der Waals surface area (Å²) in [6.07, 6.45) is 3.01. The molecule has 0 heterocycles. The summed E-state index contributed by atoms with van der Waals surface area (Å²) in [5.74, 6) is -1.58. The summed E-state index contributed by atoms with van der Waals surface area (Å²) in [6.45, 7) is 0. The maximum absolute atomic E-state index is 11.3. The Morgan fingerprint density at radius 3 is 2.79 bits per heavy atom. The molecule has 6 nitrogen and oxygen atoms in total. The standard InChI is InChI=1S/C12H12ClN3O3/c13-8-1-4-10(17)7(5-8)6-14-16-12(19)11(18)15-9-2-3-9/h1,4-6,9,17H,2-3H2,(H,15,18)(H,16,19)/b14-6-. The molecule has 1 aliphatic rings. The number of benzene rings is 1. The monoisotopic (exact) mass is 281 g/mol. The normalized spacial score (nSPS) is 14.4. The van der Waals surface area contributed by atoms with Crippen LogP contribution in [-0.4, -0.2) is 29.2 Å². The molecule has 1 aromatic rings. The Hall–Kier alpha value is -2.08. The van der Waals surface area contributed by atoms with Gasteiger partial charge in [-0.05, 0) is 31.0 Å².